The van der Waals surface area contributed by atoms with Gasteiger partial charge in [-0.1, -0.05) is 0 Å². The maximum absolute atomic E-state index is 14.7. The molecule has 1 aliphatic rings. The summed E-state index contributed by atoms with van der Waals surface area (Å²) in [6, 6.07) is 2.91. The van der Waals surface area contributed by atoms with E-state index in [0.717, 1.165) is 25.0 Å². The van der Waals surface area contributed by atoms with Gasteiger partial charge in [-0.3, -0.25) is 9.89 Å². The number of sulfonamides is 2. The molecule has 1 fully saturated rings. The molecule has 1 aliphatic carbocycles. The summed E-state index contributed by atoms with van der Waals surface area (Å²) in [4.78, 5) is 12.0. The Morgan fingerprint density at radius 2 is 1.77 bits per heavy atom. The Morgan fingerprint density at radius 3 is 2.37 bits per heavy atom. The topological polar surface area (TPSA) is 141 Å². The third-order valence-electron chi connectivity index (χ3n) is 5.60. The molecule has 1 amide bonds. The molecule has 3 rings (SSSR count). The van der Waals surface area contributed by atoms with Gasteiger partial charge in [0.1, 0.15) is 11.5 Å². The highest BCUT2D eigenvalue weighted by Crippen LogP contribution is 2.40. The standard InChI is InChI=1S/C21H29F2N5O5S2/c1-12(2)24-21(29)8-13-5-6-14(7-13)17-11-20(27-26-17)25-18-9-16(23)19(10-15(18)22)28(34(3,30)31)35(4,32)33/h9-14H,5-8H2,1-4H3,(H,24,29)(H2,25,26,27)/t13-,14+/m1/s1. The fourth-order valence-corrected chi connectivity index (χ4v) is 7.27. The van der Waals surface area contributed by atoms with E-state index in [0.29, 0.717) is 31.1 Å². The highest BCUT2D eigenvalue weighted by Gasteiger charge is 2.32. The van der Waals surface area contributed by atoms with Crippen LogP contribution in [0, 0.1) is 17.6 Å². The molecule has 1 aromatic carbocycles. The number of H-pyrrole nitrogens is 1. The molecule has 2 aromatic rings. The molecule has 1 saturated carbocycles. The van der Waals surface area contributed by atoms with E-state index in [2.05, 4.69) is 20.8 Å². The van der Waals surface area contributed by atoms with Crippen LogP contribution in [0.25, 0.3) is 0 Å². The molecular formula is C21H29F2N5O5S2. The van der Waals surface area contributed by atoms with Crippen molar-refractivity contribution >= 4 is 43.1 Å². The number of aromatic nitrogens is 2. The summed E-state index contributed by atoms with van der Waals surface area (Å²) in [5.74, 6) is -1.72. The van der Waals surface area contributed by atoms with Crippen molar-refractivity contribution in [3.8, 4) is 0 Å². The third kappa shape index (κ3) is 6.69. The van der Waals surface area contributed by atoms with Crippen LogP contribution in [0.2, 0.25) is 0 Å². The predicted molar refractivity (Wildman–Crippen MR) is 128 cm³/mol. The van der Waals surface area contributed by atoms with Crippen molar-refractivity contribution in [2.45, 2.75) is 51.5 Å². The largest absolute Gasteiger partial charge is 0.354 e. The third-order valence-corrected chi connectivity index (χ3v) is 8.82. The normalized spacial score (nSPS) is 18.6. The number of nitrogens with one attached hydrogen (secondary N) is 3. The molecule has 0 unspecified atom stereocenters. The van der Waals surface area contributed by atoms with Crippen molar-refractivity contribution in [2.75, 3.05) is 21.5 Å². The molecule has 0 aliphatic heterocycles. The molecule has 194 valence electrons. The van der Waals surface area contributed by atoms with Crippen LogP contribution in [-0.4, -0.2) is 51.5 Å². The summed E-state index contributed by atoms with van der Waals surface area (Å²) in [5, 5.41) is 12.5. The Balaban J connectivity index is 1.73. The number of amides is 1. The predicted octanol–water partition coefficient (Wildman–Crippen LogP) is 2.96. The number of halogens is 2. The minimum atomic E-state index is -4.44. The van der Waals surface area contributed by atoms with Crippen molar-refractivity contribution in [1.29, 1.82) is 0 Å². The van der Waals surface area contributed by atoms with E-state index in [1.165, 1.54) is 0 Å². The molecule has 1 aromatic heterocycles. The Labute approximate surface area is 203 Å². The van der Waals surface area contributed by atoms with Gasteiger partial charge in [-0.25, -0.2) is 25.6 Å². The molecule has 14 heteroatoms. The second kappa shape index (κ2) is 10.1. The van der Waals surface area contributed by atoms with Gasteiger partial charge in [0.2, 0.25) is 26.0 Å². The molecule has 0 spiro atoms. The van der Waals surface area contributed by atoms with E-state index in [1.807, 2.05) is 13.8 Å². The van der Waals surface area contributed by atoms with Gasteiger partial charge < -0.3 is 10.6 Å². The molecule has 0 radical (unpaired) electrons. The zero-order chi connectivity index (χ0) is 26.1. The molecule has 10 nitrogen and oxygen atoms in total. The number of nitrogens with zero attached hydrogens (tertiary/aromatic N) is 2. The minimum absolute atomic E-state index is 0.0175. The average Bonchev–Trinajstić information content (AvgIpc) is 3.32. The van der Waals surface area contributed by atoms with E-state index in [-0.39, 0.29) is 39.0 Å². The molecule has 1 heterocycles. The van der Waals surface area contributed by atoms with Crippen molar-refractivity contribution in [2.24, 2.45) is 5.92 Å². The highest BCUT2D eigenvalue weighted by atomic mass is 32.3. The van der Waals surface area contributed by atoms with Gasteiger partial charge in [-0.15, -0.1) is 0 Å². The van der Waals surface area contributed by atoms with Gasteiger partial charge >= 0.3 is 0 Å². The number of hydrogen-bond donors (Lipinski definition) is 3. The van der Waals surface area contributed by atoms with Crippen LogP contribution in [0.4, 0.5) is 26.0 Å². The van der Waals surface area contributed by atoms with E-state index in [4.69, 9.17) is 0 Å². The maximum Gasteiger partial charge on any atom is 0.245 e. The number of aromatic amines is 1. The van der Waals surface area contributed by atoms with Gasteiger partial charge in [-0.2, -0.15) is 8.81 Å². The minimum Gasteiger partial charge on any atom is -0.354 e. The van der Waals surface area contributed by atoms with Crippen LogP contribution >= 0.6 is 0 Å². The first-order valence-electron chi connectivity index (χ1n) is 11.0. The second-order valence-corrected chi connectivity index (χ2v) is 13.0. The van der Waals surface area contributed by atoms with Crippen LogP contribution in [0.1, 0.15) is 51.1 Å². The van der Waals surface area contributed by atoms with Crippen molar-refractivity contribution < 1.29 is 30.4 Å². The lowest BCUT2D eigenvalue weighted by Gasteiger charge is -2.21. The Morgan fingerprint density at radius 1 is 1.11 bits per heavy atom. The zero-order valence-corrected chi connectivity index (χ0v) is 21.4. The summed E-state index contributed by atoms with van der Waals surface area (Å²) < 4.78 is 76.8. The monoisotopic (exact) mass is 533 g/mol. The Hall–Kier alpha value is -2.74. The van der Waals surface area contributed by atoms with Crippen molar-refractivity contribution in [3.05, 3.63) is 35.5 Å². The fourth-order valence-electron chi connectivity index (χ4n) is 4.31. The van der Waals surface area contributed by atoms with Crippen molar-refractivity contribution in [3.63, 3.8) is 0 Å². The van der Waals surface area contributed by atoms with Crippen LogP contribution in [0.15, 0.2) is 18.2 Å². The van der Waals surface area contributed by atoms with Gasteiger partial charge in [0.15, 0.2) is 11.6 Å². The first-order chi connectivity index (χ1) is 16.1. The molecule has 35 heavy (non-hydrogen) atoms. The summed E-state index contributed by atoms with van der Waals surface area (Å²) >= 11 is 0. The lowest BCUT2D eigenvalue weighted by atomic mass is 9.99. The maximum atomic E-state index is 14.7. The number of anilines is 3. The van der Waals surface area contributed by atoms with Gasteiger partial charge in [0.05, 0.1) is 18.2 Å². The number of benzene rings is 1. The Bertz CT molecular complexity index is 1280. The smallest absolute Gasteiger partial charge is 0.245 e. The number of carbonyl (C=O) groups is 1. The SMILES string of the molecule is CC(C)NC(=O)C[C@@H]1CC[C@H](c2cc(Nc3cc(F)c(N(S(C)(=O)=O)S(C)(=O)=O)cc3F)n[nH]2)C1. The lowest BCUT2D eigenvalue weighted by molar-refractivity contribution is -0.122. The molecule has 0 bridgehead atoms. The van der Waals surface area contributed by atoms with E-state index < -0.39 is 37.4 Å². The van der Waals surface area contributed by atoms with Gasteiger partial charge in [0.25, 0.3) is 0 Å². The average molecular weight is 534 g/mol. The van der Waals surface area contributed by atoms with Crippen LogP contribution in [0.5, 0.6) is 0 Å². The van der Waals surface area contributed by atoms with Gasteiger partial charge in [0, 0.05) is 42.3 Å². The van der Waals surface area contributed by atoms with Gasteiger partial charge in [-0.05, 0) is 39.0 Å². The summed E-state index contributed by atoms with van der Waals surface area (Å²) in [6.45, 7) is 3.81. The Kier molecular flexibility index (Phi) is 7.74. The molecule has 3 N–H and O–H groups in total. The van der Waals surface area contributed by atoms with E-state index in [9.17, 15) is 30.4 Å². The quantitative estimate of drug-likeness (QED) is 0.450. The van der Waals surface area contributed by atoms with Crippen LogP contribution in [-0.2, 0) is 24.8 Å². The molecule has 0 saturated heterocycles. The number of hydrogen-bond acceptors (Lipinski definition) is 7. The number of rotatable bonds is 9. The molecular weight excluding hydrogens is 504 g/mol. The second-order valence-electron chi connectivity index (χ2n) is 9.14. The number of carbonyl (C=O) groups excluding carboxylic acids is 1. The van der Waals surface area contributed by atoms with E-state index >= 15 is 0 Å². The van der Waals surface area contributed by atoms with Crippen molar-refractivity contribution in [1.82, 2.24) is 15.5 Å². The molecule has 2 atom stereocenters. The fraction of sp³-hybridized carbons (Fsp3) is 0.524. The summed E-state index contributed by atoms with van der Waals surface area (Å²) in [6.07, 6.45) is 4.13. The van der Waals surface area contributed by atoms with Crippen LogP contribution in [0.3, 0.4) is 0 Å². The first kappa shape index (κ1) is 26.9. The zero-order valence-electron chi connectivity index (χ0n) is 19.8. The summed E-state index contributed by atoms with van der Waals surface area (Å²) in [7, 11) is -8.87. The first-order valence-corrected chi connectivity index (χ1v) is 14.7. The van der Waals surface area contributed by atoms with Crippen LogP contribution < -0.4 is 14.3 Å². The summed E-state index contributed by atoms with van der Waals surface area (Å²) in [5.41, 5.74) is -0.503. The lowest BCUT2D eigenvalue weighted by Crippen LogP contribution is -2.36. The highest BCUT2D eigenvalue weighted by molar-refractivity contribution is 8.09. The van der Waals surface area contributed by atoms with E-state index in [1.54, 1.807) is 6.07 Å².